The van der Waals surface area contributed by atoms with Crippen molar-refractivity contribution in [3.8, 4) is 5.88 Å². The third-order valence-electron chi connectivity index (χ3n) is 2.89. The van der Waals surface area contributed by atoms with Crippen LogP contribution >= 0.6 is 0 Å². The molecule has 18 heavy (non-hydrogen) atoms. The maximum Gasteiger partial charge on any atom is 0.213 e. The number of aromatic amines is 1. The summed E-state index contributed by atoms with van der Waals surface area (Å²) in [6, 6.07) is 5.72. The fourth-order valence-corrected chi connectivity index (χ4v) is 1.79. The van der Waals surface area contributed by atoms with Gasteiger partial charge in [-0.3, -0.25) is 5.10 Å². The van der Waals surface area contributed by atoms with Gasteiger partial charge in [0.2, 0.25) is 5.88 Å². The molecule has 0 fully saturated rings. The Kier molecular flexibility index (Phi) is 3.82. The summed E-state index contributed by atoms with van der Waals surface area (Å²) in [7, 11) is 1.62. The van der Waals surface area contributed by atoms with Gasteiger partial charge in [0.05, 0.1) is 19.3 Å². The highest BCUT2D eigenvalue weighted by Gasteiger charge is 2.07. The van der Waals surface area contributed by atoms with Gasteiger partial charge < -0.3 is 10.1 Å². The molecular weight excluding hydrogens is 228 g/mol. The number of nitrogens with one attached hydrogen (secondary N) is 2. The first-order valence-corrected chi connectivity index (χ1v) is 6.02. The first-order valence-electron chi connectivity index (χ1n) is 6.02. The highest BCUT2D eigenvalue weighted by atomic mass is 16.5. The zero-order chi connectivity index (χ0) is 13.0. The number of aryl methyl sites for hydroxylation is 1. The van der Waals surface area contributed by atoms with Crippen LogP contribution in [0, 0.1) is 6.92 Å². The minimum absolute atomic E-state index is 0.627. The van der Waals surface area contributed by atoms with Crippen molar-refractivity contribution in [2.75, 3.05) is 12.4 Å². The van der Waals surface area contributed by atoms with E-state index in [1.165, 1.54) is 5.56 Å². The summed E-state index contributed by atoms with van der Waals surface area (Å²) in [6.45, 7) is 4.80. The normalized spacial score (nSPS) is 10.4. The Hall–Kier alpha value is -2.04. The predicted molar refractivity (Wildman–Crippen MR) is 70.8 cm³/mol. The molecule has 5 nitrogen and oxygen atoms in total. The molecule has 0 bridgehead atoms. The van der Waals surface area contributed by atoms with E-state index in [9.17, 15) is 0 Å². The van der Waals surface area contributed by atoms with Crippen LogP contribution in [0.15, 0.2) is 18.2 Å². The lowest BCUT2D eigenvalue weighted by Gasteiger charge is -2.05. The van der Waals surface area contributed by atoms with Gasteiger partial charge in [-0.05, 0) is 19.4 Å². The third kappa shape index (κ3) is 2.61. The van der Waals surface area contributed by atoms with E-state index in [4.69, 9.17) is 4.74 Å². The minimum Gasteiger partial charge on any atom is -0.481 e. The number of hydrogen-bond donors (Lipinski definition) is 2. The van der Waals surface area contributed by atoms with Crippen molar-refractivity contribution in [1.29, 1.82) is 0 Å². The number of anilines is 1. The standard InChI is InChI=1S/C13H18N4O/c1-4-11-9(2)13(17-16-11)14-8-10-6-5-7-12(15-10)18-3/h5-7H,4,8H2,1-3H3,(H2,14,16,17). The fraction of sp³-hybridized carbons (Fsp3) is 0.385. The molecular formula is C13H18N4O. The van der Waals surface area contributed by atoms with Gasteiger partial charge in [-0.1, -0.05) is 13.0 Å². The molecule has 2 N–H and O–H groups in total. The molecule has 2 aromatic rings. The number of H-pyrrole nitrogens is 1. The molecule has 5 heteroatoms. The van der Waals surface area contributed by atoms with Gasteiger partial charge in [0.1, 0.15) is 0 Å². The monoisotopic (exact) mass is 246 g/mol. The maximum atomic E-state index is 5.09. The van der Waals surface area contributed by atoms with Crippen molar-refractivity contribution >= 4 is 5.82 Å². The number of aromatic nitrogens is 3. The summed E-state index contributed by atoms with van der Waals surface area (Å²) >= 11 is 0. The zero-order valence-corrected chi connectivity index (χ0v) is 10.9. The average Bonchev–Trinajstić information content (AvgIpc) is 2.77. The van der Waals surface area contributed by atoms with Crippen molar-refractivity contribution in [3.63, 3.8) is 0 Å². The largest absolute Gasteiger partial charge is 0.481 e. The molecule has 0 spiro atoms. The summed E-state index contributed by atoms with van der Waals surface area (Å²) in [6.07, 6.45) is 0.956. The van der Waals surface area contributed by atoms with Gasteiger partial charge in [-0.25, -0.2) is 4.98 Å². The van der Waals surface area contributed by atoms with Crippen molar-refractivity contribution in [2.24, 2.45) is 0 Å². The first-order chi connectivity index (χ1) is 8.74. The Morgan fingerprint density at radius 2 is 2.22 bits per heavy atom. The maximum absolute atomic E-state index is 5.09. The lowest BCUT2D eigenvalue weighted by molar-refractivity contribution is 0.396. The number of methoxy groups -OCH3 is 1. The van der Waals surface area contributed by atoms with Crippen LogP contribution in [0.2, 0.25) is 0 Å². The first kappa shape index (κ1) is 12.4. The lowest BCUT2D eigenvalue weighted by atomic mass is 10.2. The number of hydrogen-bond acceptors (Lipinski definition) is 4. The Balaban J connectivity index is 2.04. The second-order valence-electron chi connectivity index (χ2n) is 4.05. The molecule has 0 atom stereocenters. The number of nitrogens with zero attached hydrogens (tertiary/aromatic N) is 2. The molecule has 2 heterocycles. The Bertz CT molecular complexity index is 521. The molecule has 0 saturated carbocycles. The summed E-state index contributed by atoms with van der Waals surface area (Å²) in [5, 5.41) is 10.5. The highest BCUT2D eigenvalue weighted by Crippen LogP contribution is 2.16. The molecule has 0 saturated heterocycles. The molecule has 0 aliphatic rings. The summed E-state index contributed by atoms with van der Waals surface area (Å²) in [5.41, 5.74) is 3.26. The number of pyridine rings is 1. The number of rotatable bonds is 5. The van der Waals surface area contributed by atoms with Crippen molar-refractivity contribution in [2.45, 2.75) is 26.8 Å². The van der Waals surface area contributed by atoms with Crippen LogP contribution in [0.25, 0.3) is 0 Å². The lowest BCUT2D eigenvalue weighted by Crippen LogP contribution is -2.03. The topological polar surface area (TPSA) is 62.8 Å². The van der Waals surface area contributed by atoms with E-state index in [0.29, 0.717) is 12.4 Å². The van der Waals surface area contributed by atoms with Crippen LogP contribution in [0.1, 0.15) is 23.9 Å². The molecule has 0 aliphatic carbocycles. The van der Waals surface area contributed by atoms with Crippen LogP contribution < -0.4 is 10.1 Å². The Labute approximate surface area is 107 Å². The molecule has 0 aromatic carbocycles. The number of ether oxygens (including phenoxy) is 1. The van der Waals surface area contributed by atoms with Gasteiger partial charge >= 0.3 is 0 Å². The van der Waals surface area contributed by atoms with E-state index < -0.39 is 0 Å². The van der Waals surface area contributed by atoms with E-state index in [-0.39, 0.29) is 0 Å². The van der Waals surface area contributed by atoms with Crippen LogP contribution in [0.3, 0.4) is 0 Å². The highest BCUT2D eigenvalue weighted by molar-refractivity contribution is 5.45. The molecule has 96 valence electrons. The average molecular weight is 246 g/mol. The molecule has 0 radical (unpaired) electrons. The molecule has 0 unspecified atom stereocenters. The van der Waals surface area contributed by atoms with Gasteiger partial charge in [0, 0.05) is 17.3 Å². The van der Waals surface area contributed by atoms with Crippen LogP contribution in [0.5, 0.6) is 5.88 Å². The summed E-state index contributed by atoms with van der Waals surface area (Å²) in [4.78, 5) is 4.34. The Morgan fingerprint density at radius 1 is 1.39 bits per heavy atom. The summed E-state index contributed by atoms with van der Waals surface area (Å²) in [5.74, 6) is 1.51. The second kappa shape index (κ2) is 5.53. The van der Waals surface area contributed by atoms with Gasteiger partial charge in [0.15, 0.2) is 5.82 Å². The van der Waals surface area contributed by atoms with Crippen molar-refractivity contribution in [1.82, 2.24) is 15.2 Å². The fourth-order valence-electron chi connectivity index (χ4n) is 1.79. The van der Waals surface area contributed by atoms with E-state index in [1.54, 1.807) is 7.11 Å². The third-order valence-corrected chi connectivity index (χ3v) is 2.89. The molecule has 0 aliphatic heterocycles. The summed E-state index contributed by atoms with van der Waals surface area (Å²) < 4.78 is 5.09. The Morgan fingerprint density at radius 3 is 2.89 bits per heavy atom. The van der Waals surface area contributed by atoms with Crippen LogP contribution in [0.4, 0.5) is 5.82 Å². The minimum atomic E-state index is 0.627. The smallest absolute Gasteiger partial charge is 0.213 e. The van der Waals surface area contributed by atoms with Crippen molar-refractivity contribution in [3.05, 3.63) is 35.2 Å². The SMILES string of the molecule is CCc1[nH]nc(NCc2cccc(OC)n2)c1C. The quantitative estimate of drug-likeness (QED) is 0.849. The van der Waals surface area contributed by atoms with E-state index >= 15 is 0 Å². The van der Waals surface area contributed by atoms with E-state index in [1.807, 2.05) is 18.2 Å². The van der Waals surface area contributed by atoms with Gasteiger partial charge in [-0.2, -0.15) is 5.10 Å². The van der Waals surface area contributed by atoms with Crippen LogP contribution in [-0.2, 0) is 13.0 Å². The predicted octanol–water partition coefficient (Wildman–Crippen LogP) is 2.30. The molecule has 0 amide bonds. The van der Waals surface area contributed by atoms with E-state index in [2.05, 4.69) is 34.3 Å². The van der Waals surface area contributed by atoms with Gasteiger partial charge in [0.25, 0.3) is 0 Å². The van der Waals surface area contributed by atoms with Crippen molar-refractivity contribution < 1.29 is 4.74 Å². The second-order valence-corrected chi connectivity index (χ2v) is 4.05. The van der Waals surface area contributed by atoms with Gasteiger partial charge in [-0.15, -0.1) is 0 Å². The van der Waals surface area contributed by atoms with Crippen LogP contribution in [-0.4, -0.2) is 22.3 Å². The molecule has 2 aromatic heterocycles. The zero-order valence-electron chi connectivity index (χ0n) is 10.9. The molecule has 2 rings (SSSR count). The van der Waals surface area contributed by atoms with E-state index in [0.717, 1.165) is 23.6 Å².